The highest BCUT2D eigenvalue weighted by Crippen LogP contribution is 2.18. The molecule has 3 rings (SSSR count). The van der Waals surface area contributed by atoms with Crippen LogP contribution in [-0.4, -0.2) is 22.5 Å². The number of amides is 2. The van der Waals surface area contributed by atoms with Crippen molar-refractivity contribution in [1.29, 1.82) is 0 Å². The van der Waals surface area contributed by atoms with Crippen LogP contribution in [0.15, 0.2) is 47.6 Å². The monoisotopic (exact) mass is 357 g/mol. The Morgan fingerprint density at radius 1 is 1.12 bits per heavy atom. The van der Waals surface area contributed by atoms with Crippen LogP contribution in [0.25, 0.3) is 0 Å². The standard InChI is InChI=1S/C19H17F2N3O2/c1-12-2-5-15(21)10-17(12)22-19(26)16-8-9-18(25)24(23-16)11-13-3-6-14(20)7-4-13/h2-7,10H,8-9,11H2,1H3,(H,22,26). The molecule has 5 nitrogen and oxygen atoms in total. The lowest BCUT2D eigenvalue weighted by molar-refractivity contribution is -0.132. The number of hydrazone groups is 1. The molecule has 7 heteroatoms. The van der Waals surface area contributed by atoms with Gasteiger partial charge in [0.15, 0.2) is 0 Å². The van der Waals surface area contributed by atoms with Crippen LogP contribution >= 0.6 is 0 Å². The van der Waals surface area contributed by atoms with Crippen LogP contribution in [0.3, 0.4) is 0 Å². The third kappa shape index (κ3) is 4.11. The lowest BCUT2D eigenvalue weighted by Crippen LogP contribution is -2.36. The van der Waals surface area contributed by atoms with Crippen LogP contribution in [0.5, 0.6) is 0 Å². The smallest absolute Gasteiger partial charge is 0.271 e. The molecule has 2 aromatic rings. The highest BCUT2D eigenvalue weighted by Gasteiger charge is 2.25. The molecule has 2 aromatic carbocycles. The van der Waals surface area contributed by atoms with E-state index in [-0.39, 0.29) is 36.8 Å². The number of hydrogen-bond donors (Lipinski definition) is 1. The molecule has 0 saturated heterocycles. The second kappa shape index (κ2) is 7.43. The SMILES string of the molecule is Cc1ccc(F)cc1NC(=O)C1=NN(Cc2ccc(F)cc2)C(=O)CC1. The van der Waals surface area contributed by atoms with E-state index in [1.165, 1.54) is 29.3 Å². The molecule has 26 heavy (non-hydrogen) atoms. The number of carbonyl (C=O) groups excluding carboxylic acids is 2. The first kappa shape index (κ1) is 17.7. The Balaban J connectivity index is 1.76. The molecule has 0 fully saturated rings. The van der Waals surface area contributed by atoms with Crippen molar-refractivity contribution in [2.24, 2.45) is 5.10 Å². The van der Waals surface area contributed by atoms with Gasteiger partial charge in [-0.15, -0.1) is 0 Å². The maximum absolute atomic E-state index is 13.4. The molecule has 0 aromatic heterocycles. The van der Waals surface area contributed by atoms with Gasteiger partial charge < -0.3 is 5.32 Å². The van der Waals surface area contributed by atoms with E-state index in [1.54, 1.807) is 25.1 Å². The van der Waals surface area contributed by atoms with E-state index in [1.807, 2.05) is 0 Å². The molecule has 0 spiro atoms. The van der Waals surface area contributed by atoms with Crippen LogP contribution in [0.2, 0.25) is 0 Å². The highest BCUT2D eigenvalue weighted by atomic mass is 19.1. The van der Waals surface area contributed by atoms with Gasteiger partial charge >= 0.3 is 0 Å². The Labute approximate surface area is 149 Å². The molecule has 1 N–H and O–H groups in total. The second-order valence-corrected chi connectivity index (χ2v) is 6.04. The number of benzene rings is 2. The molecule has 134 valence electrons. The first-order valence-corrected chi connectivity index (χ1v) is 8.12. The fraction of sp³-hybridized carbons (Fsp3) is 0.211. The topological polar surface area (TPSA) is 61.8 Å². The van der Waals surface area contributed by atoms with Crippen LogP contribution in [0, 0.1) is 18.6 Å². The van der Waals surface area contributed by atoms with Gasteiger partial charge in [-0.1, -0.05) is 18.2 Å². The van der Waals surface area contributed by atoms with Gasteiger partial charge in [-0.05, 0) is 42.3 Å². The second-order valence-electron chi connectivity index (χ2n) is 6.04. The van der Waals surface area contributed by atoms with Crippen molar-refractivity contribution < 1.29 is 18.4 Å². The van der Waals surface area contributed by atoms with E-state index in [4.69, 9.17) is 0 Å². The van der Waals surface area contributed by atoms with Gasteiger partial charge in [0.1, 0.15) is 17.3 Å². The fourth-order valence-electron chi connectivity index (χ4n) is 2.57. The van der Waals surface area contributed by atoms with Crippen molar-refractivity contribution in [1.82, 2.24) is 5.01 Å². The lowest BCUT2D eigenvalue weighted by Gasteiger charge is -2.23. The zero-order valence-corrected chi connectivity index (χ0v) is 14.1. The molecule has 0 aliphatic carbocycles. The van der Waals surface area contributed by atoms with E-state index >= 15 is 0 Å². The molecule has 0 saturated carbocycles. The average Bonchev–Trinajstić information content (AvgIpc) is 2.62. The largest absolute Gasteiger partial charge is 0.321 e. The van der Waals surface area contributed by atoms with E-state index in [9.17, 15) is 18.4 Å². The first-order valence-electron chi connectivity index (χ1n) is 8.12. The van der Waals surface area contributed by atoms with Crippen LogP contribution < -0.4 is 5.32 Å². The van der Waals surface area contributed by atoms with E-state index in [2.05, 4.69) is 10.4 Å². The molecule has 1 aliphatic rings. The average molecular weight is 357 g/mol. The van der Waals surface area contributed by atoms with Crippen molar-refractivity contribution in [2.45, 2.75) is 26.3 Å². The van der Waals surface area contributed by atoms with Gasteiger partial charge in [-0.25, -0.2) is 13.8 Å². The number of nitrogens with one attached hydrogen (secondary N) is 1. The fourth-order valence-corrected chi connectivity index (χ4v) is 2.57. The Bertz CT molecular complexity index is 879. The van der Waals surface area contributed by atoms with Crippen molar-refractivity contribution in [3.8, 4) is 0 Å². The van der Waals surface area contributed by atoms with Gasteiger partial charge in [0.2, 0.25) is 5.91 Å². The van der Waals surface area contributed by atoms with Crippen LogP contribution in [0.4, 0.5) is 14.5 Å². The number of halogens is 2. The normalized spacial score (nSPS) is 14.2. The van der Waals surface area contributed by atoms with Gasteiger partial charge in [-0.2, -0.15) is 5.10 Å². The molecular weight excluding hydrogens is 340 g/mol. The predicted octanol–water partition coefficient (Wildman–Crippen LogP) is 3.39. The minimum absolute atomic E-state index is 0.148. The molecule has 0 unspecified atom stereocenters. The summed E-state index contributed by atoms with van der Waals surface area (Å²) >= 11 is 0. The number of hydrogen-bond acceptors (Lipinski definition) is 3. The predicted molar refractivity (Wildman–Crippen MR) is 93.4 cm³/mol. The van der Waals surface area contributed by atoms with Gasteiger partial charge in [0.25, 0.3) is 5.91 Å². The number of nitrogens with zero attached hydrogens (tertiary/aromatic N) is 2. The maximum Gasteiger partial charge on any atom is 0.271 e. The summed E-state index contributed by atoms with van der Waals surface area (Å²) in [6.07, 6.45) is 0.356. The highest BCUT2D eigenvalue weighted by molar-refractivity contribution is 6.43. The third-order valence-electron chi connectivity index (χ3n) is 4.06. The number of rotatable bonds is 4. The number of anilines is 1. The van der Waals surface area contributed by atoms with Crippen LogP contribution in [-0.2, 0) is 16.1 Å². The van der Waals surface area contributed by atoms with Gasteiger partial charge in [0, 0.05) is 18.5 Å². The van der Waals surface area contributed by atoms with Gasteiger partial charge in [-0.3, -0.25) is 9.59 Å². The summed E-state index contributed by atoms with van der Waals surface area (Å²) in [4.78, 5) is 24.5. The number of carbonyl (C=O) groups is 2. The zero-order valence-electron chi connectivity index (χ0n) is 14.1. The molecule has 0 bridgehead atoms. The zero-order chi connectivity index (χ0) is 18.7. The Hall–Kier alpha value is -3.09. The molecule has 0 radical (unpaired) electrons. The minimum Gasteiger partial charge on any atom is -0.321 e. The van der Waals surface area contributed by atoms with Crippen molar-refractivity contribution >= 4 is 23.2 Å². The maximum atomic E-state index is 13.4. The molecule has 1 aliphatic heterocycles. The summed E-state index contributed by atoms with van der Waals surface area (Å²) in [6, 6.07) is 9.83. The molecule has 0 atom stereocenters. The van der Waals surface area contributed by atoms with Gasteiger partial charge in [0.05, 0.1) is 6.54 Å². The first-order chi connectivity index (χ1) is 12.4. The Morgan fingerprint density at radius 3 is 2.54 bits per heavy atom. The van der Waals surface area contributed by atoms with Crippen molar-refractivity contribution in [3.63, 3.8) is 0 Å². The summed E-state index contributed by atoms with van der Waals surface area (Å²) in [5.74, 6) is -1.51. The minimum atomic E-state index is -0.477. The summed E-state index contributed by atoms with van der Waals surface area (Å²) in [5.41, 5.74) is 1.97. The van der Waals surface area contributed by atoms with E-state index < -0.39 is 11.7 Å². The van der Waals surface area contributed by atoms with Crippen molar-refractivity contribution in [3.05, 3.63) is 65.2 Å². The van der Waals surface area contributed by atoms with E-state index in [0.717, 1.165) is 5.56 Å². The summed E-state index contributed by atoms with van der Waals surface area (Å²) in [5, 5.41) is 7.96. The summed E-state index contributed by atoms with van der Waals surface area (Å²) in [7, 11) is 0. The Kier molecular flexibility index (Phi) is 5.06. The number of aryl methyl sites for hydroxylation is 1. The lowest BCUT2D eigenvalue weighted by atomic mass is 10.1. The Morgan fingerprint density at radius 2 is 1.81 bits per heavy atom. The van der Waals surface area contributed by atoms with E-state index in [0.29, 0.717) is 11.3 Å². The summed E-state index contributed by atoms with van der Waals surface area (Å²) < 4.78 is 26.4. The van der Waals surface area contributed by atoms with Crippen LogP contribution in [0.1, 0.15) is 24.0 Å². The summed E-state index contributed by atoms with van der Waals surface area (Å²) in [6.45, 7) is 1.90. The molecule has 2 amide bonds. The quantitative estimate of drug-likeness (QED) is 0.912. The molecular formula is C19H17F2N3O2. The molecule has 1 heterocycles. The third-order valence-corrected chi connectivity index (χ3v) is 4.06. The van der Waals surface area contributed by atoms with Crippen molar-refractivity contribution in [2.75, 3.05) is 5.32 Å².